The van der Waals surface area contributed by atoms with Crippen LogP contribution in [0, 0.1) is 28.6 Å². The summed E-state index contributed by atoms with van der Waals surface area (Å²) in [7, 11) is 0. The van der Waals surface area contributed by atoms with E-state index in [1.807, 2.05) is 13.8 Å². The molecule has 3 heteroatoms. The molecule has 102 valence electrons. The Morgan fingerprint density at radius 3 is 2.44 bits per heavy atom. The summed E-state index contributed by atoms with van der Waals surface area (Å²) in [6, 6.07) is 0. The highest BCUT2D eigenvalue weighted by Gasteiger charge is 2.76. The standard InChI is InChI=1S/C15H24O3/c1-8-5-11(16)15(18)10-7-13(2,3)6-9(10)12(17)14(8,15)4/h8-11,16,18H,5-7H2,1-4H3/t8-,9+,10-,11-,14-,15+/m1/s1. The van der Waals surface area contributed by atoms with Gasteiger partial charge in [0.2, 0.25) is 0 Å². The van der Waals surface area contributed by atoms with Gasteiger partial charge in [0, 0.05) is 11.8 Å². The number of carbonyl (C=O) groups is 1. The van der Waals surface area contributed by atoms with E-state index in [2.05, 4.69) is 13.8 Å². The molecule has 0 saturated heterocycles. The molecule has 0 spiro atoms. The van der Waals surface area contributed by atoms with Gasteiger partial charge in [0.15, 0.2) is 0 Å². The number of Topliss-reactive ketones (excluding diaryl/α,β-unsaturated/α-hetero) is 1. The lowest BCUT2D eigenvalue weighted by Crippen LogP contribution is -2.53. The van der Waals surface area contributed by atoms with Crippen molar-refractivity contribution in [3.8, 4) is 0 Å². The quantitative estimate of drug-likeness (QED) is 0.690. The topological polar surface area (TPSA) is 57.5 Å². The van der Waals surface area contributed by atoms with Crippen molar-refractivity contribution < 1.29 is 15.0 Å². The van der Waals surface area contributed by atoms with E-state index in [-0.39, 0.29) is 29.0 Å². The minimum Gasteiger partial charge on any atom is -0.390 e. The van der Waals surface area contributed by atoms with Crippen LogP contribution in [0.3, 0.4) is 0 Å². The third-order valence-electron chi connectivity index (χ3n) is 6.35. The molecule has 3 nitrogen and oxygen atoms in total. The van der Waals surface area contributed by atoms with Crippen LogP contribution in [0.15, 0.2) is 0 Å². The highest BCUT2D eigenvalue weighted by Crippen LogP contribution is 2.68. The maximum absolute atomic E-state index is 12.8. The molecule has 3 fully saturated rings. The van der Waals surface area contributed by atoms with E-state index in [0.29, 0.717) is 6.42 Å². The lowest BCUT2D eigenvalue weighted by Gasteiger charge is -2.40. The van der Waals surface area contributed by atoms with Crippen molar-refractivity contribution in [2.45, 2.75) is 58.7 Å². The van der Waals surface area contributed by atoms with Gasteiger partial charge in [-0.1, -0.05) is 20.8 Å². The summed E-state index contributed by atoms with van der Waals surface area (Å²) in [5, 5.41) is 21.5. The van der Waals surface area contributed by atoms with Gasteiger partial charge in [0.05, 0.1) is 11.5 Å². The molecular formula is C15H24O3. The molecule has 0 aromatic rings. The summed E-state index contributed by atoms with van der Waals surface area (Å²) < 4.78 is 0. The Hall–Kier alpha value is -0.410. The average Bonchev–Trinajstić information content (AvgIpc) is 2.73. The Morgan fingerprint density at radius 2 is 1.83 bits per heavy atom. The first-order valence-corrected chi connectivity index (χ1v) is 7.09. The molecule has 0 aliphatic heterocycles. The van der Waals surface area contributed by atoms with Crippen LogP contribution in [0.5, 0.6) is 0 Å². The van der Waals surface area contributed by atoms with Crippen LogP contribution >= 0.6 is 0 Å². The number of fused-ring (bicyclic) bond motifs is 3. The highest BCUT2D eigenvalue weighted by molar-refractivity contribution is 5.92. The van der Waals surface area contributed by atoms with Crippen LogP contribution in [-0.2, 0) is 4.79 Å². The van der Waals surface area contributed by atoms with E-state index < -0.39 is 17.1 Å². The molecule has 2 N–H and O–H groups in total. The molecule has 3 saturated carbocycles. The molecule has 0 unspecified atom stereocenters. The SMILES string of the molecule is C[C@@H]1C[C@@H](O)[C@@]2(O)[C@@H]3CC(C)(C)C[C@@H]3C(=O)[C@@]12C. The maximum atomic E-state index is 12.8. The molecule has 0 amide bonds. The first-order valence-electron chi connectivity index (χ1n) is 7.09. The Bertz CT molecular complexity index is 416. The molecule has 0 aromatic carbocycles. The second-order valence-electron chi connectivity index (χ2n) is 7.83. The molecule has 0 bridgehead atoms. The average molecular weight is 252 g/mol. The number of aliphatic hydroxyl groups excluding tert-OH is 1. The van der Waals surface area contributed by atoms with Gasteiger partial charge < -0.3 is 10.2 Å². The van der Waals surface area contributed by atoms with Crippen molar-refractivity contribution >= 4 is 5.78 Å². The van der Waals surface area contributed by atoms with E-state index in [0.717, 1.165) is 12.8 Å². The molecule has 0 radical (unpaired) electrons. The minimum absolute atomic E-state index is 0.0487. The van der Waals surface area contributed by atoms with Gasteiger partial charge in [-0.05, 0) is 37.5 Å². The molecule has 3 aliphatic rings. The molecule has 0 heterocycles. The number of hydrogen-bond acceptors (Lipinski definition) is 3. The summed E-state index contributed by atoms with van der Waals surface area (Å²) in [5.74, 6) is 0.167. The van der Waals surface area contributed by atoms with Crippen LogP contribution in [-0.4, -0.2) is 27.7 Å². The number of hydrogen-bond donors (Lipinski definition) is 2. The van der Waals surface area contributed by atoms with E-state index in [1.54, 1.807) is 0 Å². The Kier molecular flexibility index (Phi) is 2.23. The second-order valence-corrected chi connectivity index (χ2v) is 7.83. The normalized spacial score (nSPS) is 57.8. The second kappa shape index (κ2) is 3.18. The lowest BCUT2D eigenvalue weighted by molar-refractivity contribution is -0.151. The van der Waals surface area contributed by atoms with Crippen LogP contribution in [0.1, 0.15) is 47.0 Å². The van der Waals surface area contributed by atoms with Crippen molar-refractivity contribution in [2.24, 2.45) is 28.6 Å². The van der Waals surface area contributed by atoms with Crippen molar-refractivity contribution in [1.29, 1.82) is 0 Å². The smallest absolute Gasteiger partial charge is 0.145 e. The number of ketones is 1. The first-order chi connectivity index (χ1) is 8.14. The largest absolute Gasteiger partial charge is 0.390 e. The summed E-state index contributed by atoms with van der Waals surface area (Å²) in [6.45, 7) is 8.18. The minimum atomic E-state index is -1.19. The maximum Gasteiger partial charge on any atom is 0.145 e. The van der Waals surface area contributed by atoms with E-state index in [9.17, 15) is 15.0 Å². The van der Waals surface area contributed by atoms with Gasteiger partial charge in [-0.3, -0.25) is 4.79 Å². The van der Waals surface area contributed by atoms with Crippen LogP contribution in [0.25, 0.3) is 0 Å². The third kappa shape index (κ3) is 1.11. The molecule has 6 atom stereocenters. The van der Waals surface area contributed by atoms with Gasteiger partial charge in [-0.2, -0.15) is 0 Å². The van der Waals surface area contributed by atoms with Crippen molar-refractivity contribution in [1.82, 2.24) is 0 Å². The fourth-order valence-electron chi connectivity index (χ4n) is 5.24. The van der Waals surface area contributed by atoms with E-state index in [4.69, 9.17) is 0 Å². The van der Waals surface area contributed by atoms with Crippen molar-refractivity contribution in [3.05, 3.63) is 0 Å². The Balaban J connectivity index is 2.11. The highest BCUT2D eigenvalue weighted by atomic mass is 16.3. The van der Waals surface area contributed by atoms with Crippen LogP contribution < -0.4 is 0 Å². The molecule has 18 heavy (non-hydrogen) atoms. The van der Waals surface area contributed by atoms with E-state index in [1.165, 1.54) is 0 Å². The molecule has 3 aliphatic carbocycles. The Labute approximate surface area is 109 Å². The Morgan fingerprint density at radius 1 is 1.22 bits per heavy atom. The number of rotatable bonds is 0. The lowest BCUT2D eigenvalue weighted by atomic mass is 9.68. The monoisotopic (exact) mass is 252 g/mol. The van der Waals surface area contributed by atoms with Crippen LogP contribution in [0.4, 0.5) is 0 Å². The zero-order valence-electron chi connectivity index (χ0n) is 11.7. The molecule has 0 aromatic heterocycles. The predicted octanol–water partition coefficient (Wildman–Crippen LogP) is 1.76. The van der Waals surface area contributed by atoms with Gasteiger partial charge in [0.25, 0.3) is 0 Å². The molecule has 3 rings (SSSR count). The van der Waals surface area contributed by atoms with Gasteiger partial charge in [-0.25, -0.2) is 0 Å². The zero-order chi connectivity index (χ0) is 13.5. The fourth-order valence-corrected chi connectivity index (χ4v) is 5.24. The third-order valence-corrected chi connectivity index (χ3v) is 6.35. The fraction of sp³-hybridized carbons (Fsp3) is 0.933. The zero-order valence-corrected chi connectivity index (χ0v) is 11.7. The summed E-state index contributed by atoms with van der Waals surface area (Å²) in [5.41, 5.74) is -1.83. The van der Waals surface area contributed by atoms with Gasteiger partial charge in [-0.15, -0.1) is 0 Å². The summed E-state index contributed by atoms with van der Waals surface area (Å²) >= 11 is 0. The summed E-state index contributed by atoms with van der Waals surface area (Å²) in [4.78, 5) is 12.8. The van der Waals surface area contributed by atoms with Gasteiger partial charge in [0.1, 0.15) is 11.4 Å². The molecular weight excluding hydrogens is 228 g/mol. The van der Waals surface area contributed by atoms with Crippen LogP contribution in [0.2, 0.25) is 0 Å². The predicted molar refractivity (Wildman–Crippen MR) is 67.8 cm³/mol. The van der Waals surface area contributed by atoms with Crippen molar-refractivity contribution in [3.63, 3.8) is 0 Å². The van der Waals surface area contributed by atoms with Crippen molar-refractivity contribution in [2.75, 3.05) is 0 Å². The van der Waals surface area contributed by atoms with E-state index >= 15 is 0 Å². The summed E-state index contributed by atoms with van der Waals surface area (Å²) in [6.07, 6.45) is 1.50. The first kappa shape index (κ1) is 12.6. The number of carbonyl (C=O) groups excluding carboxylic acids is 1. The van der Waals surface area contributed by atoms with Gasteiger partial charge >= 0.3 is 0 Å². The number of aliphatic hydroxyl groups is 2.